The number of fused-ring (bicyclic) bond motifs is 1. The zero-order valence-electron chi connectivity index (χ0n) is 9.15. The molecule has 0 amide bonds. The van der Waals surface area contributed by atoms with Gasteiger partial charge < -0.3 is 5.11 Å². The molecule has 0 aliphatic carbocycles. The van der Waals surface area contributed by atoms with Crippen LogP contribution in [-0.2, 0) is 0 Å². The first kappa shape index (κ1) is 10.1. The van der Waals surface area contributed by atoms with Crippen LogP contribution in [0.3, 0.4) is 0 Å². The molecule has 3 nitrogen and oxygen atoms in total. The van der Waals surface area contributed by atoms with Gasteiger partial charge in [-0.1, -0.05) is 19.1 Å². The number of allylic oxidation sites excluding steroid dienone is 1. The number of nitrogens with zero attached hydrogens (tertiary/aromatic N) is 1. The molecule has 0 aromatic heterocycles. The van der Waals surface area contributed by atoms with Crippen LogP contribution in [0.4, 0.5) is 5.69 Å². The summed E-state index contributed by atoms with van der Waals surface area (Å²) in [4.78, 5) is 0. The van der Waals surface area contributed by atoms with E-state index < -0.39 is 0 Å². The number of anilines is 1. The summed E-state index contributed by atoms with van der Waals surface area (Å²) < 4.78 is 0. The molecule has 0 saturated heterocycles. The van der Waals surface area contributed by atoms with Gasteiger partial charge in [0.25, 0.3) is 0 Å². The van der Waals surface area contributed by atoms with Gasteiger partial charge in [-0.3, -0.25) is 5.21 Å². The molecule has 1 aliphatic rings. The smallest absolute Gasteiger partial charge is 0.215 e. The fraction of sp³-hybridized carbons (Fsp3) is 0.333. The summed E-state index contributed by atoms with van der Waals surface area (Å²) in [6, 6.07) is 5.69. The molecule has 2 N–H and O–H groups in total. The molecule has 15 heavy (non-hydrogen) atoms. The van der Waals surface area contributed by atoms with Crippen LogP contribution in [0, 0.1) is 6.92 Å². The number of hydroxylamine groups is 1. The van der Waals surface area contributed by atoms with Gasteiger partial charge in [-0.05, 0) is 36.6 Å². The third-order valence-electron chi connectivity index (χ3n) is 3.17. The second-order valence-corrected chi connectivity index (χ2v) is 4.05. The second kappa shape index (κ2) is 3.28. The molecule has 0 bridgehead atoms. The Hall–Kier alpha value is -1.48. The highest BCUT2D eigenvalue weighted by Crippen LogP contribution is 2.40. The predicted molar refractivity (Wildman–Crippen MR) is 59.2 cm³/mol. The van der Waals surface area contributed by atoms with Crippen molar-refractivity contribution in [3.63, 3.8) is 0 Å². The Kier molecular flexibility index (Phi) is 2.20. The molecule has 1 atom stereocenters. The van der Waals surface area contributed by atoms with E-state index >= 15 is 0 Å². The SMILES string of the molecule is CC1=C(O)N(O)c2cccc(C)c2C1C. The van der Waals surface area contributed by atoms with Gasteiger partial charge in [-0.25, -0.2) is 0 Å². The topological polar surface area (TPSA) is 43.7 Å². The fourth-order valence-corrected chi connectivity index (χ4v) is 2.10. The van der Waals surface area contributed by atoms with Crippen molar-refractivity contribution < 1.29 is 10.3 Å². The standard InChI is InChI=1S/C12H15NO2/c1-7-5-4-6-10-11(7)8(2)9(3)12(14)13(10)15/h4-6,8,14-15H,1-3H3. The Morgan fingerprint density at radius 1 is 1.27 bits per heavy atom. The molecule has 1 aromatic carbocycles. The van der Waals surface area contributed by atoms with Crippen LogP contribution in [-0.4, -0.2) is 10.3 Å². The lowest BCUT2D eigenvalue weighted by Crippen LogP contribution is -2.26. The van der Waals surface area contributed by atoms with E-state index in [4.69, 9.17) is 0 Å². The molecule has 80 valence electrons. The molecule has 1 heterocycles. The van der Waals surface area contributed by atoms with Crippen LogP contribution >= 0.6 is 0 Å². The van der Waals surface area contributed by atoms with Gasteiger partial charge in [-0.2, -0.15) is 5.06 Å². The molecule has 0 spiro atoms. The maximum absolute atomic E-state index is 9.77. The summed E-state index contributed by atoms with van der Waals surface area (Å²) in [6.45, 7) is 5.88. The van der Waals surface area contributed by atoms with E-state index in [0.29, 0.717) is 5.69 Å². The monoisotopic (exact) mass is 205 g/mol. The number of aryl methyl sites for hydroxylation is 1. The largest absolute Gasteiger partial charge is 0.493 e. The summed E-state index contributed by atoms with van der Waals surface area (Å²) in [7, 11) is 0. The lowest BCUT2D eigenvalue weighted by molar-refractivity contribution is 0.205. The van der Waals surface area contributed by atoms with Crippen molar-refractivity contribution in [1.82, 2.24) is 0 Å². The van der Waals surface area contributed by atoms with E-state index in [1.54, 1.807) is 0 Å². The average molecular weight is 205 g/mol. The van der Waals surface area contributed by atoms with Crippen LogP contribution in [0.5, 0.6) is 0 Å². The Balaban J connectivity index is 2.67. The molecule has 1 aliphatic heterocycles. The van der Waals surface area contributed by atoms with Crippen molar-refractivity contribution in [2.24, 2.45) is 0 Å². The van der Waals surface area contributed by atoms with Crippen molar-refractivity contribution in [3.8, 4) is 0 Å². The number of aliphatic hydroxyl groups excluding tert-OH is 1. The molecule has 0 fully saturated rings. The third kappa shape index (κ3) is 1.31. The lowest BCUT2D eigenvalue weighted by Gasteiger charge is -2.31. The van der Waals surface area contributed by atoms with Gasteiger partial charge in [0.15, 0.2) is 0 Å². The van der Waals surface area contributed by atoms with Crippen molar-refractivity contribution in [2.75, 3.05) is 5.06 Å². The number of rotatable bonds is 0. The summed E-state index contributed by atoms with van der Waals surface area (Å²) in [5, 5.41) is 20.3. The molecule has 1 aromatic rings. The van der Waals surface area contributed by atoms with Crippen LogP contribution in [0.1, 0.15) is 30.9 Å². The van der Waals surface area contributed by atoms with Crippen LogP contribution < -0.4 is 5.06 Å². The fourth-order valence-electron chi connectivity index (χ4n) is 2.10. The van der Waals surface area contributed by atoms with Gasteiger partial charge in [-0.15, -0.1) is 0 Å². The maximum atomic E-state index is 9.77. The predicted octanol–water partition coefficient (Wildman–Crippen LogP) is 3.10. The molecule has 1 unspecified atom stereocenters. The number of aliphatic hydroxyl groups is 1. The molecule has 0 radical (unpaired) electrons. The van der Waals surface area contributed by atoms with Crippen LogP contribution in [0.15, 0.2) is 29.7 Å². The van der Waals surface area contributed by atoms with Gasteiger partial charge in [0.1, 0.15) is 0 Å². The minimum absolute atomic E-state index is 0.0550. The van der Waals surface area contributed by atoms with Crippen molar-refractivity contribution in [2.45, 2.75) is 26.7 Å². The highest BCUT2D eigenvalue weighted by atomic mass is 16.5. The summed E-state index contributed by atoms with van der Waals surface area (Å²) in [6.07, 6.45) is 0. The van der Waals surface area contributed by atoms with Gasteiger partial charge in [0, 0.05) is 5.92 Å². The summed E-state index contributed by atoms with van der Waals surface area (Å²) in [5.74, 6) is 0.0881. The lowest BCUT2D eigenvalue weighted by atomic mass is 9.87. The number of hydrogen-bond acceptors (Lipinski definition) is 3. The third-order valence-corrected chi connectivity index (χ3v) is 3.17. The molecular formula is C12H15NO2. The normalized spacial score (nSPS) is 20.5. The second-order valence-electron chi connectivity index (χ2n) is 4.05. The van der Waals surface area contributed by atoms with E-state index in [-0.39, 0.29) is 11.8 Å². The van der Waals surface area contributed by atoms with E-state index in [0.717, 1.165) is 21.8 Å². The molecule has 0 saturated carbocycles. The molecule has 2 rings (SSSR count). The zero-order valence-corrected chi connectivity index (χ0v) is 9.15. The van der Waals surface area contributed by atoms with Gasteiger partial charge in [0.2, 0.25) is 5.88 Å². The summed E-state index contributed by atoms with van der Waals surface area (Å²) in [5.41, 5.74) is 3.67. The van der Waals surface area contributed by atoms with Crippen LogP contribution in [0.2, 0.25) is 0 Å². The highest BCUT2D eigenvalue weighted by molar-refractivity contribution is 5.63. The van der Waals surface area contributed by atoms with E-state index in [1.807, 2.05) is 39.0 Å². The Morgan fingerprint density at radius 3 is 2.60 bits per heavy atom. The van der Waals surface area contributed by atoms with Gasteiger partial charge >= 0.3 is 0 Å². The van der Waals surface area contributed by atoms with Crippen molar-refractivity contribution in [3.05, 3.63) is 40.8 Å². The highest BCUT2D eigenvalue weighted by Gasteiger charge is 2.28. The van der Waals surface area contributed by atoms with Crippen molar-refractivity contribution in [1.29, 1.82) is 0 Å². The minimum atomic E-state index is -0.0550. The van der Waals surface area contributed by atoms with E-state index in [1.165, 1.54) is 0 Å². The van der Waals surface area contributed by atoms with Gasteiger partial charge in [0.05, 0.1) is 5.69 Å². The minimum Gasteiger partial charge on any atom is -0.493 e. The first-order valence-electron chi connectivity index (χ1n) is 5.02. The molecular weight excluding hydrogens is 190 g/mol. The quantitative estimate of drug-likeness (QED) is 0.684. The first-order valence-corrected chi connectivity index (χ1v) is 5.02. The first-order chi connectivity index (χ1) is 7.04. The van der Waals surface area contributed by atoms with E-state index in [2.05, 4.69) is 0 Å². The zero-order chi connectivity index (χ0) is 11.2. The summed E-state index contributed by atoms with van der Waals surface area (Å²) >= 11 is 0. The number of hydrogen-bond donors (Lipinski definition) is 2. The van der Waals surface area contributed by atoms with Crippen molar-refractivity contribution >= 4 is 5.69 Å². The van der Waals surface area contributed by atoms with E-state index in [9.17, 15) is 10.3 Å². The Labute approximate surface area is 89.2 Å². The Bertz CT molecular complexity index is 437. The maximum Gasteiger partial charge on any atom is 0.215 e. The van der Waals surface area contributed by atoms with Crippen LogP contribution in [0.25, 0.3) is 0 Å². The number of benzene rings is 1. The molecule has 3 heteroatoms. The Morgan fingerprint density at radius 2 is 1.93 bits per heavy atom. The average Bonchev–Trinajstić information content (AvgIpc) is 2.23.